The quantitative estimate of drug-likeness (QED) is 0.856. The highest BCUT2D eigenvalue weighted by atomic mass is 19.4. The summed E-state index contributed by atoms with van der Waals surface area (Å²) in [4.78, 5) is 3.75. The Kier molecular flexibility index (Phi) is 3.27. The molecule has 1 aromatic heterocycles. The van der Waals surface area contributed by atoms with Crippen molar-refractivity contribution >= 4 is 0 Å². The number of halogens is 4. The van der Waals surface area contributed by atoms with Crippen LogP contribution >= 0.6 is 0 Å². The van der Waals surface area contributed by atoms with Crippen molar-refractivity contribution in [1.29, 1.82) is 0 Å². The smallest absolute Gasteiger partial charge is 0.334 e. The molecule has 1 heterocycles. The first-order valence-electron chi connectivity index (χ1n) is 5.26. The molecule has 2 aromatic rings. The van der Waals surface area contributed by atoms with Crippen LogP contribution in [0.1, 0.15) is 24.4 Å². The summed E-state index contributed by atoms with van der Waals surface area (Å²) in [5.41, 5.74) is 3.69. The van der Waals surface area contributed by atoms with Gasteiger partial charge >= 0.3 is 6.18 Å². The monoisotopic (exact) mass is 275 g/mol. The molecule has 4 nitrogen and oxygen atoms in total. The maximum atomic E-state index is 13.8. The molecule has 19 heavy (non-hydrogen) atoms. The third-order valence-corrected chi connectivity index (χ3v) is 2.38. The van der Waals surface area contributed by atoms with Crippen LogP contribution < -0.4 is 5.73 Å². The summed E-state index contributed by atoms with van der Waals surface area (Å²) < 4.78 is 56.2. The van der Waals surface area contributed by atoms with E-state index in [1.165, 1.54) is 0 Å². The van der Waals surface area contributed by atoms with E-state index in [-0.39, 0.29) is 11.7 Å². The van der Waals surface area contributed by atoms with Gasteiger partial charge in [0.2, 0.25) is 0 Å². The second-order valence-corrected chi connectivity index (χ2v) is 3.91. The molecule has 1 aromatic carbocycles. The summed E-state index contributed by atoms with van der Waals surface area (Å²) >= 11 is 0. The molecule has 0 amide bonds. The van der Waals surface area contributed by atoms with Crippen LogP contribution in [0.3, 0.4) is 0 Å². The number of nitrogens with zero attached hydrogens (tertiary/aromatic N) is 2. The van der Waals surface area contributed by atoms with Gasteiger partial charge < -0.3 is 10.3 Å². The lowest BCUT2D eigenvalue weighted by atomic mass is 10.1. The molecular weight excluding hydrogens is 266 g/mol. The van der Waals surface area contributed by atoms with E-state index in [9.17, 15) is 17.6 Å². The summed E-state index contributed by atoms with van der Waals surface area (Å²) in [5, 5.41) is 3.47. The van der Waals surface area contributed by atoms with Crippen LogP contribution in [0.4, 0.5) is 17.6 Å². The van der Waals surface area contributed by atoms with Crippen LogP contribution in [-0.4, -0.2) is 10.1 Å². The molecular formula is C11H9F4N3O. The minimum Gasteiger partial charge on any atom is -0.334 e. The van der Waals surface area contributed by atoms with Crippen molar-refractivity contribution in [2.75, 3.05) is 0 Å². The van der Waals surface area contributed by atoms with Crippen molar-refractivity contribution in [3.8, 4) is 11.5 Å². The lowest BCUT2D eigenvalue weighted by molar-refractivity contribution is -0.139. The topological polar surface area (TPSA) is 64.9 Å². The second-order valence-electron chi connectivity index (χ2n) is 3.91. The van der Waals surface area contributed by atoms with Crippen LogP contribution in [0.5, 0.6) is 0 Å². The van der Waals surface area contributed by atoms with Crippen LogP contribution in [0.2, 0.25) is 0 Å². The van der Waals surface area contributed by atoms with Gasteiger partial charge in [0.05, 0.1) is 17.2 Å². The lowest BCUT2D eigenvalue weighted by Gasteiger charge is -2.08. The highest BCUT2D eigenvalue weighted by Crippen LogP contribution is 2.35. The van der Waals surface area contributed by atoms with E-state index in [0.717, 1.165) is 12.1 Å². The molecule has 1 atom stereocenters. The van der Waals surface area contributed by atoms with Crippen LogP contribution in [0, 0.1) is 5.82 Å². The van der Waals surface area contributed by atoms with Crippen molar-refractivity contribution in [2.24, 2.45) is 5.73 Å². The fourth-order valence-electron chi connectivity index (χ4n) is 1.45. The van der Waals surface area contributed by atoms with Crippen molar-refractivity contribution < 1.29 is 22.1 Å². The Morgan fingerprint density at radius 1 is 1.32 bits per heavy atom. The Hall–Kier alpha value is -1.96. The minimum atomic E-state index is -4.79. The average molecular weight is 275 g/mol. The standard InChI is InChI=1S/C11H9F4N3O/c1-5(16)9-17-10(19-18-9)6-3-2-4-7(8(6)12)11(13,14)15/h2-5H,16H2,1H3. The third-order valence-electron chi connectivity index (χ3n) is 2.38. The Morgan fingerprint density at radius 2 is 2.00 bits per heavy atom. The lowest BCUT2D eigenvalue weighted by Crippen LogP contribution is -2.09. The minimum absolute atomic E-state index is 0.0896. The van der Waals surface area contributed by atoms with Gasteiger partial charge in [-0.1, -0.05) is 11.2 Å². The molecule has 0 aliphatic rings. The first-order chi connectivity index (χ1) is 8.80. The van der Waals surface area contributed by atoms with E-state index in [4.69, 9.17) is 10.3 Å². The first-order valence-corrected chi connectivity index (χ1v) is 5.26. The summed E-state index contributed by atoms with van der Waals surface area (Å²) in [6.45, 7) is 1.57. The Bertz CT molecular complexity index is 592. The van der Waals surface area contributed by atoms with Crippen LogP contribution in [0.25, 0.3) is 11.5 Å². The molecule has 8 heteroatoms. The van der Waals surface area contributed by atoms with Crippen molar-refractivity contribution in [3.63, 3.8) is 0 Å². The van der Waals surface area contributed by atoms with Gasteiger partial charge in [0.25, 0.3) is 5.89 Å². The summed E-state index contributed by atoms with van der Waals surface area (Å²) in [6, 6.07) is 2.27. The van der Waals surface area contributed by atoms with Crippen molar-refractivity contribution in [2.45, 2.75) is 19.1 Å². The number of aromatic nitrogens is 2. The van der Waals surface area contributed by atoms with Crippen molar-refractivity contribution in [3.05, 3.63) is 35.4 Å². The summed E-state index contributed by atoms with van der Waals surface area (Å²) in [7, 11) is 0. The third kappa shape index (κ3) is 2.58. The van der Waals surface area contributed by atoms with Gasteiger partial charge in [0.15, 0.2) is 5.82 Å². The summed E-state index contributed by atoms with van der Waals surface area (Å²) in [6.07, 6.45) is -4.79. The highest BCUT2D eigenvalue weighted by molar-refractivity contribution is 5.56. The molecule has 0 saturated heterocycles. The van der Waals surface area contributed by atoms with Crippen LogP contribution in [-0.2, 0) is 6.18 Å². The molecule has 1 unspecified atom stereocenters. The van der Waals surface area contributed by atoms with Gasteiger partial charge in [0, 0.05) is 0 Å². The largest absolute Gasteiger partial charge is 0.419 e. The Labute approximate surface area is 105 Å². The second kappa shape index (κ2) is 4.61. The predicted molar refractivity (Wildman–Crippen MR) is 57.3 cm³/mol. The van der Waals surface area contributed by atoms with Gasteiger partial charge in [-0.05, 0) is 19.1 Å². The van der Waals surface area contributed by atoms with E-state index in [0.29, 0.717) is 6.07 Å². The maximum absolute atomic E-state index is 13.8. The number of hydrogen-bond donors (Lipinski definition) is 1. The molecule has 0 fully saturated rings. The molecule has 0 spiro atoms. The molecule has 2 rings (SSSR count). The van der Waals surface area contributed by atoms with Gasteiger partial charge in [0.1, 0.15) is 5.82 Å². The van der Waals surface area contributed by atoms with Gasteiger partial charge in [-0.15, -0.1) is 0 Å². The molecule has 0 bridgehead atoms. The van der Waals surface area contributed by atoms with Gasteiger partial charge in [-0.2, -0.15) is 18.2 Å². The maximum Gasteiger partial charge on any atom is 0.419 e. The highest BCUT2D eigenvalue weighted by Gasteiger charge is 2.35. The molecule has 0 radical (unpaired) electrons. The van der Waals surface area contributed by atoms with E-state index >= 15 is 0 Å². The van der Waals surface area contributed by atoms with Crippen molar-refractivity contribution in [1.82, 2.24) is 10.1 Å². The fourth-order valence-corrected chi connectivity index (χ4v) is 1.45. The zero-order valence-corrected chi connectivity index (χ0v) is 9.70. The van der Waals surface area contributed by atoms with E-state index in [2.05, 4.69) is 10.1 Å². The Morgan fingerprint density at radius 3 is 2.53 bits per heavy atom. The SMILES string of the molecule is CC(N)c1noc(-c2cccc(C(F)(F)F)c2F)n1. The molecule has 0 aliphatic heterocycles. The Balaban J connectivity index is 2.51. The number of nitrogens with two attached hydrogens (primary N) is 1. The molecule has 102 valence electrons. The van der Waals surface area contributed by atoms with E-state index < -0.39 is 29.2 Å². The average Bonchev–Trinajstić information content (AvgIpc) is 2.77. The van der Waals surface area contributed by atoms with Gasteiger partial charge in [-0.3, -0.25) is 0 Å². The van der Waals surface area contributed by atoms with Gasteiger partial charge in [-0.25, -0.2) is 4.39 Å². The number of alkyl halides is 3. The molecule has 2 N–H and O–H groups in total. The van der Waals surface area contributed by atoms with E-state index in [1.54, 1.807) is 6.92 Å². The summed E-state index contributed by atoms with van der Waals surface area (Å²) in [5.74, 6) is -1.70. The normalized spacial score (nSPS) is 13.6. The zero-order valence-electron chi connectivity index (χ0n) is 9.70. The first kappa shape index (κ1) is 13.5. The molecule has 0 saturated carbocycles. The molecule has 0 aliphatic carbocycles. The number of rotatable bonds is 2. The number of benzene rings is 1. The predicted octanol–water partition coefficient (Wildman–Crippen LogP) is 2.91. The zero-order chi connectivity index (χ0) is 14.2. The van der Waals surface area contributed by atoms with Crippen LogP contribution in [0.15, 0.2) is 22.7 Å². The number of hydrogen-bond acceptors (Lipinski definition) is 4. The fraction of sp³-hybridized carbons (Fsp3) is 0.273. The van der Waals surface area contributed by atoms with E-state index in [1.807, 2.05) is 0 Å².